The lowest BCUT2D eigenvalue weighted by Gasteiger charge is -2.29. The van der Waals surface area contributed by atoms with Crippen LogP contribution < -0.4 is 16.6 Å². The standard InChI is InChI=1S/C22H26N8O/c1-12-7-6-10-15-16(12)21(31)30(14-8-4-3-5-9-14)20(27-15)13(2)26-19-17-18(25-11-24-17)28-22(23)29-19/h6-7,10-11,13-14H,3-5,8-9H2,1-2H3,(H4,23,24,25,26,28,29). The van der Waals surface area contributed by atoms with Crippen molar-refractivity contribution >= 4 is 33.8 Å². The van der Waals surface area contributed by atoms with Crippen molar-refractivity contribution in [2.45, 2.75) is 58.0 Å². The number of imidazole rings is 1. The minimum absolute atomic E-state index is 0.0348. The van der Waals surface area contributed by atoms with Gasteiger partial charge in [-0.15, -0.1) is 0 Å². The van der Waals surface area contributed by atoms with Crippen LogP contribution in [0.1, 0.15) is 62.5 Å². The molecule has 1 aliphatic carbocycles. The summed E-state index contributed by atoms with van der Waals surface area (Å²) in [6.07, 6.45) is 7.01. The van der Waals surface area contributed by atoms with Gasteiger partial charge in [-0.05, 0) is 38.3 Å². The van der Waals surface area contributed by atoms with E-state index in [1.807, 2.05) is 36.6 Å². The molecule has 0 bridgehead atoms. The first-order valence-electron chi connectivity index (χ1n) is 10.8. The van der Waals surface area contributed by atoms with E-state index in [1.165, 1.54) is 6.42 Å². The number of nitrogens with zero attached hydrogens (tertiary/aromatic N) is 5. The Morgan fingerprint density at radius 2 is 2.00 bits per heavy atom. The van der Waals surface area contributed by atoms with Gasteiger partial charge in [0.05, 0.1) is 23.3 Å². The summed E-state index contributed by atoms with van der Waals surface area (Å²) in [7, 11) is 0. The molecular weight excluding hydrogens is 392 g/mol. The molecule has 1 aromatic carbocycles. The van der Waals surface area contributed by atoms with Gasteiger partial charge in [0, 0.05) is 6.04 Å². The lowest BCUT2D eigenvalue weighted by atomic mass is 9.94. The van der Waals surface area contributed by atoms with Crippen LogP contribution in [0.4, 0.5) is 11.8 Å². The molecule has 1 fully saturated rings. The summed E-state index contributed by atoms with van der Waals surface area (Å²) in [5, 5.41) is 4.09. The minimum atomic E-state index is -0.277. The molecule has 1 saturated carbocycles. The number of benzene rings is 1. The van der Waals surface area contributed by atoms with E-state index in [-0.39, 0.29) is 23.6 Å². The molecule has 0 aliphatic heterocycles. The zero-order chi connectivity index (χ0) is 21.5. The number of hydrogen-bond donors (Lipinski definition) is 3. The third-order valence-electron chi connectivity index (χ3n) is 6.15. The highest BCUT2D eigenvalue weighted by Gasteiger charge is 2.25. The highest BCUT2D eigenvalue weighted by atomic mass is 16.1. The van der Waals surface area contributed by atoms with Crippen molar-refractivity contribution in [2.24, 2.45) is 0 Å². The maximum absolute atomic E-state index is 13.7. The zero-order valence-electron chi connectivity index (χ0n) is 17.7. The second kappa shape index (κ2) is 7.64. The molecule has 0 amide bonds. The van der Waals surface area contributed by atoms with Crippen molar-refractivity contribution < 1.29 is 0 Å². The van der Waals surface area contributed by atoms with Gasteiger partial charge in [-0.1, -0.05) is 31.4 Å². The van der Waals surface area contributed by atoms with Gasteiger partial charge in [0.25, 0.3) is 5.56 Å². The first-order valence-corrected chi connectivity index (χ1v) is 10.8. The average molecular weight is 419 g/mol. The average Bonchev–Trinajstić information content (AvgIpc) is 3.22. The van der Waals surface area contributed by atoms with E-state index in [4.69, 9.17) is 10.7 Å². The molecule has 9 nitrogen and oxygen atoms in total. The van der Waals surface area contributed by atoms with Gasteiger partial charge in [-0.25, -0.2) is 9.97 Å². The predicted molar refractivity (Wildman–Crippen MR) is 121 cm³/mol. The second-order valence-electron chi connectivity index (χ2n) is 8.30. The molecule has 1 unspecified atom stereocenters. The van der Waals surface area contributed by atoms with Crippen LogP contribution in [0.25, 0.3) is 22.1 Å². The van der Waals surface area contributed by atoms with Gasteiger partial charge in [0.1, 0.15) is 11.3 Å². The van der Waals surface area contributed by atoms with Gasteiger partial charge in [-0.2, -0.15) is 9.97 Å². The highest BCUT2D eigenvalue weighted by molar-refractivity contribution is 5.84. The van der Waals surface area contributed by atoms with Crippen LogP contribution >= 0.6 is 0 Å². The van der Waals surface area contributed by atoms with Crippen molar-refractivity contribution in [3.05, 3.63) is 46.3 Å². The summed E-state index contributed by atoms with van der Waals surface area (Å²) in [6.45, 7) is 3.96. The fraction of sp³-hybridized carbons (Fsp3) is 0.409. The summed E-state index contributed by atoms with van der Waals surface area (Å²) in [5.74, 6) is 1.39. The normalized spacial score (nSPS) is 16.1. The topological polar surface area (TPSA) is 127 Å². The number of aromatic nitrogens is 6. The monoisotopic (exact) mass is 418 g/mol. The number of fused-ring (bicyclic) bond motifs is 2. The van der Waals surface area contributed by atoms with Crippen molar-refractivity contribution in [3.63, 3.8) is 0 Å². The summed E-state index contributed by atoms with van der Waals surface area (Å²) in [5.41, 5.74) is 8.74. The van der Waals surface area contributed by atoms with Crippen molar-refractivity contribution in [3.8, 4) is 0 Å². The zero-order valence-corrected chi connectivity index (χ0v) is 17.7. The molecule has 31 heavy (non-hydrogen) atoms. The number of aromatic amines is 1. The summed E-state index contributed by atoms with van der Waals surface area (Å²) >= 11 is 0. The van der Waals surface area contributed by atoms with Crippen LogP contribution in [0, 0.1) is 6.92 Å². The number of hydrogen-bond acceptors (Lipinski definition) is 7. The number of aryl methyl sites for hydroxylation is 1. The first-order chi connectivity index (χ1) is 15.0. The van der Waals surface area contributed by atoms with Crippen LogP contribution in [0.15, 0.2) is 29.3 Å². The first kappa shape index (κ1) is 19.5. The molecular formula is C22H26N8O. The van der Waals surface area contributed by atoms with E-state index < -0.39 is 0 Å². The molecule has 1 atom stereocenters. The molecule has 3 heterocycles. The predicted octanol–water partition coefficient (Wildman–Crippen LogP) is 3.63. The van der Waals surface area contributed by atoms with E-state index in [9.17, 15) is 4.79 Å². The number of nitrogen functional groups attached to an aromatic ring is 1. The number of rotatable bonds is 4. The Kier molecular flexibility index (Phi) is 4.80. The highest BCUT2D eigenvalue weighted by Crippen LogP contribution is 2.31. The molecule has 0 radical (unpaired) electrons. The van der Waals surface area contributed by atoms with Gasteiger partial charge >= 0.3 is 0 Å². The third kappa shape index (κ3) is 3.39. The van der Waals surface area contributed by atoms with Crippen molar-refractivity contribution in [1.29, 1.82) is 0 Å². The van der Waals surface area contributed by atoms with Crippen molar-refractivity contribution in [2.75, 3.05) is 11.1 Å². The Morgan fingerprint density at radius 1 is 1.19 bits per heavy atom. The number of H-pyrrole nitrogens is 1. The lowest BCUT2D eigenvalue weighted by molar-refractivity contribution is 0.333. The second-order valence-corrected chi connectivity index (χ2v) is 8.30. The fourth-order valence-corrected chi connectivity index (χ4v) is 4.65. The number of anilines is 2. The Bertz CT molecular complexity index is 1320. The molecule has 0 spiro atoms. The Balaban J connectivity index is 1.65. The van der Waals surface area contributed by atoms with Crippen LogP contribution in [0.3, 0.4) is 0 Å². The SMILES string of the molecule is Cc1cccc2nc(C(C)Nc3nc(N)nc4nc[nH]c34)n(C3CCCCC3)c(=O)c12. The van der Waals surface area contributed by atoms with Crippen LogP contribution in [0.5, 0.6) is 0 Å². The van der Waals surface area contributed by atoms with Crippen LogP contribution in [-0.2, 0) is 0 Å². The van der Waals surface area contributed by atoms with Crippen LogP contribution in [-0.4, -0.2) is 29.5 Å². The maximum Gasteiger partial charge on any atom is 0.261 e. The van der Waals surface area contributed by atoms with E-state index in [0.717, 1.165) is 36.8 Å². The smallest absolute Gasteiger partial charge is 0.261 e. The summed E-state index contributed by atoms with van der Waals surface area (Å²) < 4.78 is 1.92. The molecule has 3 aromatic heterocycles. The maximum atomic E-state index is 13.7. The molecule has 0 saturated heterocycles. The number of nitrogens with one attached hydrogen (secondary N) is 2. The molecule has 5 rings (SSSR count). The molecule has 1 aliphatic rings. The van der Waals surface area contributed by atoms with Gasteiger partial charge in [-0.3, -0.25) is 9.36 Å². The quantitative estimate of drug-likeness (QED) is 0.462. The molecule has 4 aromatic rings. The third-order valence-corrected chi connectivity index (χ3v) is 6.15. The largest absolute Gasteiger partial charge is 0.368 e. The minimum Gasteiger partial charge on any atom is -0.368 e. The fourth-order valence-electron chi connectivity index (χ4n) is 4.65. The van der Waals surface area contributed by atoms with E-state index in [2.05, 4.69) is 25.3 Å². The lowest BCUT2D eigenvalue weighted by Crippen LogP contribution is -2.33. The van der Waals surface area contributed by atoms with Gasteiger partial charge < -0.3 is 16.0 Å². The van der Waals surface area contributed by atoms with Gasteiger partial charge in [0.2, 0.25) is 5.95 Å². The van der Waals surface area contributed by atoms with E-state index >= 15 is 0 Å². The van der Waals surface area contributed by atoms with E-state index in [0.29, 0.717) is 28.2 Å². The summed E-state index contributed by atoms with van der Waals surface area (Å²) in [4.78, 5) is 34.4. The Labute approximate surface area is 179 Å². The summed E-state index contributed by atoms with van der Waals surface area (Å²) in [6, 6.07) is 5.69. The Hall–Kier alpha value is -3.49. The Morgan fingerprint density at radius 3 is 2.81 bits per heavy atom. The molecule has 9 heteroatoms. The van der Waals surface area contributed by atoms with Gasteiger partial charge in [0.15, 0.2) is 11.5 Å². The molecule has 4 N–H and O–H groups in total. The van der Waals surface area contributed by atoms with Crippen molar-refractivity contribution in [1.82, 2.24) is 29.5 Å². The number of nitrogens with two attached hydrogens (primary N) is 1. The van der Waals surface area contributed by atoms with E-state index in [1.54, 1.807) is 6.33 Å². The van der Waals surface area contributed by atoms with Crippen LogP contribution in [0.2, 0.25) is 0 Å². The molecule has 160 valence electrons.